The third kappa shape index (κ3) is 2.86. The summed E-state index contributed by atoms with van der Waals surface area (Å²) >= 11 is 0. The van der Waals surface area contributed by atoms with E-state index in [0.717, 1.165) is 23.7 Å². The average Bonchev–Trinajstić information content (AvgIpc) is 2.53. The van der Waals surface area contributed by atoms with E-state index in [-0.39, 0.29) is 6.04 Å². The third-order valence-corrected chi connectivity index (χ3v) is 8.16. The number of sulfonamides is 1. The molecule has 0 saturated heterocycles. The molecule has 0 radical (unpaired) electrons. The van der Waals surface area contributed by atoms with Crippen molar-refractivity contribution in [3.63, 3.8) is 0 Å². The Kier molecular flexibility index (Phi) is 4.12. The van der Waals surface area contributed by atoms with Crippen LogP contribution in [0.5, 0.6) is 5.75 Å². The highest BCUT2D eigenvalue weighted by atomic mass is 32.2. The molecule has 0 aromatic heterocycles. The number of methoxy groups -OCH3 is 1. The van der Waals surface area contributed by atoms with Gasteiger partial charge in [0.1, 0.15) is 5.75 Å². The van der Waals surface area contributed by atoms with E-state index in [9.17, 15) is 8.42 Å². The van der Waals surface area contributed by atoms with Crippen molar-refractivity contribution in [2.75, 3.05) is 7.11 Å². The smallest absolute Gasteiger partial charge is 0.240 e. The third-order valence-electron chi connectivity index (χ3n) is 6.59. The van der Waals surface area contributed by atoms with Crippen LogP contribution in [0.15, 0.2) is 29.2 Å². The molecule has 1 N–H and O–H groups in total. The van der Waals surface area contributed by atoms with Crippen molar-refractivity contribution in [2.24, 2.45) is 29.6 Å². The molecule has 0 spiro atoms. The van der Waals surface area contributed by atoms with E-state index in [1.54, 1.807) is 31.4 Å². The number of nitrogens with one attached hydrogen (secondary N) is 1. The average molecular weight is 349 g/mol. The molecule has 0 aliphatic heterocycles. The van der Waals surface area contributed by atoms with Gasteiger partial charge >= 0.3 is 0 Å². The fourth-order valence-electron chi connectivity index (χ4n) is 5.93. The summed E-state index contributed by atoms with van der Waals surface area (Å²) in [6, 6.07) is 6.63. The molecule has 132 valence electrons. The second-order valence-corrected chi connectivity index (χ2v) is 9.81. The van der Waals surface area contributed by atoms with Crippen LogP contribution in [0.3, 0.4) is 0 Å². The van der Waals surface area contributed by atoms with Crippen molar-refractivity contribution in [2.45, 2.75) is 50.0 Å². The summed E-state index contributed by atoms with van der Waals surface area (Å²) in [5, 5.41) is 0. The molecule has 5 heteroatoms. The van der Waals surface area contributed by atoms with Crippen molar-refractivity contribution < 1.29 is 13.2 Å². The lowest BCUT2D eigenvalue weighted by Crippen LogP contribution is -2.52. The molecule has 4 bridgehead atoms. The maximum Gasteiger partial charge on any atom is 0.240 e. The summed E-state index contributed by atoms with van der Waals surface area (Å²) in [6.45, 7) is 2.06. The predicted molar refractivity (Wildman–Crippen MR) is 93.3 cm³/mol. The molecule has 4 nitrogen and oxygen atoms in total. The molecule has 0 amide bonds. The second-order valence-electron chi connectivity index (χ2n) is 8.09. The minimum absolute atomic E-state index is 0.00658. The first-order valence-corrected chi connectivity index (χ1v) is 10.6. The van der Waals surface area contributed by atoms with Crippen molar-refractivity contribution in [3.8, 4) is 5.75 Å². The summed E-state index contributed by atoms with van der Waals surface area (Å²) in [6.07, 6.45) is 6.67. The molecule has 4 aliphatic carbocycles. The topological polar surface area (TPSA) is 55.4 Å². The Morgan fingerprint density at radius 2 is 1.54 bits per heavy atom. The van der Waals surface area contributed by atoms with E-state index < -0.39 is 10.0 Å². The van der Waals surface area contributed by atoms with Gasteiger partial charge in [0, 0.05) is 6.04 Å². The summed E-state index contributed by atoms with van der Waals surface area (Å²) in [5.41, 5.74) is 0. The molecule has 1 atom stereocenters. The Hall–Kier alpha value is -1.07. The Morgan fingerprint density at radius 1 is 1.00 bits per heavy atom. The van der Waals surface area contributed by atoms with Crippen LogP contribution in [0.25, 0.3) is 0 Å². The first-order valence-electron chi connectivity index (χ1n) is 9.12. The van der Waals surface area contributed by atoms with Gasteiger partial charge in [0.2, 0.25) is 10.0 Å². The zero-order chi connectivity index (χ0) is 16.9. The molecule has 0 heterocycles. The highest BCUT2D eigenvalue weighted by Gasteiger charge is 2.50. The lowest BCUT2D eigenvalue weighted by Gasteiger charge is -2.56. The Morgan fingerprint density at radius 3 is 2.04 bits per heavy atom. The molecule has 0 unspecified atom stereocenters. The van der Waals surface area contributed by atoms with Crippen LogP contribution in [-0.4, -0.2) is 21.6 Å². The van der Waals surface area contributed by atoms with Crippen LogP contribution in [0.1, 0.15) is 39.0 Å². The Labute approximate surface area is 145 Å². The fraction of sp³-hybridized carbons (Fsp3) is 0.684. The number of hydrogen-bond donors (Lipinski definition) is 1. The first-order chi connectivity index (χ1) is 11.5. The van der Waals surface area contributed by atoms with E-state index in [4.69, 9.17) is 4.74 Å². The number of hydrogen-bond acceptors (Lipinski definition) is 3. The maximum atomic E-state index is 12.7. The molecule has 4 aliphatic rings. The lowest BCUT2D eigenvalue weighted by atomic mass is 9.51. The van der Waals surface area contributed by atoms with E-state index in [1.807, 2.05) is 0 Å². The Balaban J connectivity index is 1.49. The van der Waals surface area contributed by atoms with Gasteiger partial charge in [-0.25, -0.2) is 13.1 Å². The van der Waals surface area contributed by atoms with Crippen molar-refractivity contribution in [1.29, 1.82) is 0 Å². The van der Waals surface area contributed by atoms with Gasteiger partial charge in [-0.05, 0) is 92.9 Å². The number of rotatable bonds is 5. The van der Waals surface area contributed by atoms with Crippen LogP contribution in [-0.2, 0) is 10.0 Å². The molecule has 4 saturated carbocycles. The summed E-state index contributed by atoms with van der Waals surface area (Å²) < 4.78 is 33.5. The van der Waals surface area contributed by atoms with Crippen molar-refractivity contribution in [3.05, 3.63) is 24.3 Å². The quantitative estimate of drug-likeness (QED) is 0.886. The molecule has 5 rings (SSSR count). The van der Waals surface area contributed by atoms with E-state index in [0.29, 0.717) is 16.6 Å². The standard InChI is InChI=1S/C19H27NO3S/c1-12(19-15-8-13-7-14(10-15)11-16(19)9-13)20-24(21,22)18-5-3-17(23-2)4-6-18/h3-6,12-16,19-20H,7-11H2,1-2H3/t12-,13?,14?,15?,16?,19?/m1/s1. The van der Waals surface area contributed by atoms with Gasteiger partial charge in [-0.2, -0.15) is 0 Å². The minimum Gasteiger partial charge on any atom is -0.497 e. The largest absolute Gasteiger partial charge is 0.497 e. The Bertz CT molecular complexity index is 670. The highest BCUT2D eigenvalue weighted by Crippen LogP contribution is 2.57. The SMILES string of the molecule is COc1ccc(S(=O)(=O)N[C@H](C)C2C3CC4CC(C3)CC2C4)cc1. The van der Waals surface area contributed by atoms with Gasteiger partial charge in [0.15, 0.2) is 0 Å². The zero-order valence-corrected chi connectivity index (χ0v) is 15.3. The number of ether oxygens (including phenoxy) is 1. The minimum atomic E-state index is -3.47. The fourth-order valence-corrected chi connectivity index (χ4v) is 7.21. The van der Waals surface area contributed by atoms with Gasteiger partial charge in [0.25, 0.3) is 0 Å². The molecular formula is C19H27NO3S. The van der Waals surface area contributed by atoms with Crippen LogP contribution >= 0.6 is 0 Å². The predicted octanol–water partition coefficient (Wildman–Crippen LogP) is 3.43. The van der Waals surface area contributed by atoms with Crippen molar-refractivity contribution >= 4 is 10.0 Å². The summed E-state index contributed by atoms with van der Waals surface area (Å²) in [5.74, 6) is 4.43. The van der Waals surface area contributed by atoms with Crippen LogP contribution in [0, 0.1) is 29.6 Å². The molecule has 1 aromatic rings. The van der Waals surface area contributed by atoms with Gasteiger partial charge in [-0.3, -0.25) is 0 Å². The van der Waals surface area contributed by atoms with Crippen LogP contribution in [0.4, 0.5) is 0 Å². The van der Waals surface area contributed by atoms with Gasteiger partial charge in [-0.1, -0.05) is 0 Å². The summed E-state index contributed by atoms with van der Waals surface area (Å²) in [4.78, 5) is 0.318. The molecular weight excluding hydrogens is 322 g/mol. The van der Waals surface area contributed by atoms with Crippen LogP contribution in [0.2, 0.25) is 0 Å². The summed E-state index contributed by atoms with van der Waals surface area (Å²) in [7, 11) is -1.89. The highest BCUT2D eigenvalue weighted by molar-refractivity contribution is 7.89. The second kappa shape index (κ2) is 6.03. The number of benzene rings is 1. The molecule has 24 heavy (non-hydrogen) atoms. The zero-order valence-electron chi connectivity index (χ0n) is 14.4. The maximum absolute atomic E-state index is 12.7. The first kappa shape index (κ1) is 16.4. The monoisotopic (exact) mass is 349 g/mol. The van der Waals surface area contributed by atoms with Crippen LogP contribution < -0.4 is 9.46 Å². The normalized spacial score (nSPS) is 35.8. The van der Waals surface area contributed by atoms with E-state index in [1.165, 1.54) is 32.1 Å². The van der Waals surface area contributed by atoms with E-state index >= 15 is 0 Å². The molecule has 1 aromatic carbocycles. The van der Waals surface area contributed by atoms with Crippen molar-refractivity contribution in [1.82, 2.24) is 4.72 Å². The van der Waals surface area contributed by atoms with Gasteiger partial charge < -0.3 is 4.74 Å². The van der Waals surface area contributed by atoms with Gasteiger partial charge in [0.05, 0.1) is 12.0 Å². The van der Waals surface area contributed by atoms with Gasteiger partial charge in [-0.15, -0.1) is 0 Å². The molecule has 4 fully saturated rings. The lowest BCUT2D eigenvalue weighted by molar-refractivity contribution is -0.0463. The van der Waals surface area contributed by atoms with E-state index in [2.05, 4.69) is 11.6 Å².